The van der Waals surface area contributed by atoms with E-state index < -0.39 is 5.60 Å². The average molecular weight is 394 g/mol. The van der Waals surface area contributed by atoms with E-state index in [1.807, 2.05) is 38.1 Å². The third-order valence-corrected chi connectivity index (χ3v) is 4.48. The standard InChI is InChI=1S/C23H35NO2.ClH/c1-18(2)13-14-22(25)26-23(16-15-19(3)4,20(5)17-24(6)7)21-11-9-8-10-12-21;/h8-13,15,20H,14,16-17H2,1-7H3;1H. The number of rotatable bonds is 9. The van der Waals surface area contributed by atoms with Gasteiger partial charge in [-0.05, 0) is 47.4 Å². The van der Waals surface area contributed by atoms with Gasteiger partial charge in [0.25, 0.3) is 0 Å². The molecule has 0 aliphatic rings. The van der Waals surface area contributed by atoms with Crippen molar-refractivity contribution >= 4 is 18.4 Å². The quantitative estimate of drug-likeness (QED) is 0.394. The lowest BCUT2D eigenvalue weighted by atomic mass is 9.78. The van der Waals surface area contributed by atoms with Crippen molar-refractivity contribution in [2.75, 3.05) is 20.6 Å². The fourth-order valence-electron chi connectivity index (χ4n) is 3.11. The van der Waals surface area contributed by atoms with Crippen molar-refractivity contribution in [1.82, 2.24) is 4.90 Å². The summed E-state index contributed by atoms with van der Waals surface area (Å²) < 4.78 is 6.23. The van der Waals surface area contributed by atoms with Crippen molar-refractivity contribution in [2.24, 2.45) is 5.92 Å². The van der Waals surface area contributed by atoms with Crippen molar-refractivity contribution in [2.45, 2.75) is 53.1 Å². The SMILES string of the molecule is CC(C)=CCC(=O)OC(CC=C(C)C)(c1ccccc1)C(C)CN(C)C.Cl. The third-order valence-electron chi connectivity index (χ3n) is 4.48. The highest BCUT2D eigenvalue weighted by molar-refractivity contribution is 5.85. The number of benzene rings is 1. The highest BCUT2D eigenvalue weighted by Gasteiger charge is 2.41. The molecule has 3 nitrogen and oxygen atoms in total. The number of carbonyl (C=O) groups is 1. The van der Waals surface area contributed by atoms with Gasteiger partial charge in [-0.25, -0.2) is 0 Å². The Labute approximate surface area is 171 Å². The van der Waals surface area contributed by atoms with E-state index in [1.54, 1.807) is 0 Å². The van der Waals surface area contributed by atoms with Crippen molar-refractivity contribution in [1.29, 1.82) is 0 Å². The molecule has 0 aliphatic carbocycles. The Morgan fingerprint density at radius 2 is 1.63 bits per heavy atom. The van der Waals surface area contributed by atoms with Crippen molar-refractivity contribution in [3.8, 4) is 0 Å². The molecule has 0 saturated heterocycles. The van der Waals surface area contributed by atoms with Gasteiger partial charge in [-0.15, -0.1) is 12.4 Å². The predicted molar refractivity (Wildman–Crippen MR) is 117 cm³/mol. The summed E-state index contributed by atoms with van der Waals surface area (Å²) in [5, 5.41) is 0. The third kappa shape index (κ3) is 8.32. The van der Waals surface area contributed by atoms with Crippen molar-refractivity contribution < 1.29 is 9.53 Å². The Hall–Kier alpha value is -1.58. The topological polar surface area (TPSA) is 29.5 Å². The van der Waals surface area contributed by atoms with Gasteiger partial charge in [-0.1, -0.05) is 60.6 Å². The number of halogens is 1. The van der Waals surface area contributed by atoms with Crippen LogP contribution in [0.15, 0.2) is 53.6 Å². The molecule has 1 aromatic carbocycles. The van der Waals surface area contributed by atoms with Crippen LogP contribution >= 0.6 is 12.4 Å². The first-order valence-corrected chi connectivity index (χ1v) is 9.36. The van der Waals surface area contributed by atoms with E-state index in [0.29, 0.717) is 12.8 Å². The van der Waals surface area contributed by atoms with Crippen LogP contribution in [0.3, 0.4) is 0 Å². The van der Waals surface area contributed by atoms with E-state index in [9.17, 15) is 4.79 Å². The molecular formula is C23H36ClNO2. The van der Waals surface area contributed by atoms with Gasteiger partial charge in [0.05, 0.1) is 6.42 Å². The van der Waals surface area contributed by atoms with E-state index in [1.165, 1.54) is 5.57 Å². The molecule has 0 bridgehead atoms. The maximum atomic E-state index is 12.7. The van der Waals surface area contributed by atoms with Crippen molar-refractivity contribution in [3.63, 3.8) is 0 Å². The van der Waals surface area contributed by atoms with Crippen LogP contribution in [0.1, 0.15) is 53.0 Å². The largest absolute Gasteiger partial charge is 0.453 e. The van der Waals surface area contributed by atoms with E-state index >= 15 is 0 Å². The summed E-state index contributed by atoms with van der Waals surface area (Å²) in [7, 11) is 4.11. The molecule has 0 radical (unpaired) electrons. The zero-order valence-electron chi connectivity index (χ0n) is 17.9. The summed E-state index contributed by atoms with van der Waals surface area (Å²) in [6.07, 6.45) is 5.08. The van der Waals surface area contributed by atoms with Gasteiger partial charge >= 0.3 is 5.97 Å². The lowest BCUT2D eigenvalue weighted by Gasteiger charge is -2.40. The van der Waals surface area contributed by atoms with E-state index in [2.05, 4.69) is 58.0 Å². The van der Waals surface area contributed by atoms with Crippen LogP contribution in [0, 0.1) is 5.92 Å². The van der Waals surface area contributed by atoms with Gasteiger partial charge in [-0.2, -0.15) is 0 Å². The lowest BCUT2D eigenvalue weighted by Crippen LogP contribution is -2.43. The molecule has 1 aromatic rings. The molecular weight excluding hydrogens is 358 g/mol. The zero-order chi connectivity index (χ0) is 19.7. The van der Waals surface area contributed by atoms with Crippen molar-refractivity contribution in [3.05, 3.63) is 59.2 Å². The summed E-state index contributed by atoms with van der Waals surface area (Å²) in [5.74, 6) is -0.0334. The Morgan fingerprint density at radius 1 is 1.07 bits per heavy atom. The maximum absolute atomic E-state index is 12.7. The normalized spacial score (nSPS) is 13.8. The highest BCUT2D eigenvalue weighted by atomic mass is 35.5. The number of ether oxygens (including phenoxy) is 1. The smallest absolute Gasteiger partial charge is 0.310 e. The molecule has 2 atom stereocenters. The highest BCUT2D eigenvalue weighted by Crippen LogP contribution is 2.39. The number of hydrogen-bond donors (Lipinski definition) is 0. The Bertz CT molecular complexity index is 629. The number of hydrogen-bond acceptors (Lipinski definition) is 3. The molecule has 152 valence electrons. The van der Waals surface area contributed by atoms with E-state index in [-0.39, 0.29) is 24.3 Å². The molecule has 0 heterocycles. The van der Waals surface area contributed by atoms with Gasteiger partial charge in [0, 0.05) is 18.9 Å². The van der Waals surface area contributed by atoms with Gasteiger partial charge in [0.1, 0.15) is 5.60 Å². The first-order chi connectivity index (χ1) is 12.2. The summed E-state index contributed by atoms with van der Waals surface area (Å²) in [6, 6.07) is 10.2. The number of allylic oxidation sites excluding steroid dienone is 2. The number of nitrogens with zero attached hydrogens (tertiary/aromatic N) is 1. The second-order valence-electron chi connectivity index (χ2n) is 7.86. The van der Waals surface area contributed by atoms with Crippen LogP contribution in [0.4, 0.5) is 0 Å². The predicted octanol–water partition coefficient (Wildman–Crippen LogP) is 5.76. The summed E-state index contributed by atoms with van der Waals surface area (Å²) in [5.41, 5.74) is 2.73. The fourth-order valence-corrected chi connectivity index (χ4v) is 3.11. The second-order valence-corrected chi connectivity index (χ2v) is 7.86. The van der Waals surface area contributed by atoms with Gasteiger partial charge in [-0.3, -0.25) is 4.79 Å². The molecule has 0 fully saturated rings. The minimum absolute atomic E-state index is 0. The molecule has 0 amide bonds. The minimum Gasteiger partial charge on any atom is -0.453 e. The van der Waals surface area contributed by atoms with Crippen LogP contribution in [-0.4, -0.2) is 31.5 Å². The maximum Gasteiger partial charge on any atom is 0.310 e. The molecule has 2 unspecified atom stereocenters. The Morgan fingerprint density at radius 3 is 2.11 bits per heavy atom. The van der Waals surface area contributed by atoms with Crippen LogP contribution in [-0.2, 0) is 15.1 Å². The van der Waals surface area contributed by atoms with Crippen LogP contribution < -0.4 is 0 Å². The Kier molecular flexibility index (Phi) is 11.3. The van der Waals surface area contributed by atoms with E-state index in [0.717, 1.165) is 17.7 Å². The Balaban J connectivity index is 0.00000676. The molecule has 0 spiro atoms. The van der Waals surface area contributed by atoms with Crippen LogP contribution in [0.5, 0.6) is 0 Å². The van der Waals surface area contributed by atoms with Gasteiger partial charge in [0.15, 0.2) is 0 Å². The van der Waals surface area contributed by atoms with E-state index in [4.69, 9.17) is 4.74 Å². The first kappa shape index (κ1) is 25.4. The van der Waals surface area contributed by atoms with Gasteiger partial charge < -0.3 is 9.64 Å². The molecule has 1 rings (SSSR count). The number of carbonyl (C=O) groups excluding carboxylic acids is 1. The zero-order valence-corrected chi connectivity index (χ0v) is 18.7. The molecule has 27 heavy (non-hydrogen) atoms. The number of esters is 1. The first-order valence-electron chi connectivity index (χ1n) is 9.36. The fraction of sp³-hybridized carbons (Fsp3) is 0.522. The monoisotopic (exact) mass is 393 g/mol. The summed E-state index contributed by atoms with van der Waals surface area (Å²) in [6.45, 7) is 11.2. The molecule has 0 N–H and O–H groups in total. The molecule has 0 aliphatic heterocycles. The summed E-state index contributed by atoms with van der Waals surface area (Å²) >= 11 is 0. The van der Waals surface area contributed by atoms with Crippen LogP contribution in [0.25, 0.3) is 0 Å². The van der Waals surface area contributed by atoms with Crippen LogP contribution in [0.2, 0.25) is 0 Å². The minimum atomic E-state index is -0.671. The average Bonchev–Trinajstić information content (AvgIpc) is 2.56. The molecule has 0 saturated carbocycles. The van der Waals surface area contributed by atoms with Gasteiger partial charge in [0.2, 0.25) is 0 Å². The summed E-state index contributed by atoms with van der Waals surface area (Å²) in [4.78, 5) is 14.8. The second kappa shape index (κ2) is 12.0. The lowest BCUT2D eigenvalue weighted by molar-refractivity contribution is -0.167. The molecule has 4 heteroatoms. The molecule has 0 aromatic heterocycles.